The van der Waals surface area contributed by atoms with E-state index < -0.39 is 5.60 Å². The molecule has 22 heavy (non-hydrogen) atoms. The van der Waals surface area contributed by atoms with Crippen molar-refractivity contribution in [3.8, 4) is 0 Å². The molecule has 2 amide bonds. The zero-order chi connectivity index (χ0) is 15.9. The Labute approximate surface area is 129 Å². The van der Waals surface area contributed by atoms with Crippen LogP contribution >= 0.6 is 0 Å². The van der Waals surface area contributed by atoms with E-state index in [0.717, 1.165) is 18.4 Å². The lowest BCUT2D eigenvalue weighted by Gasteiger charge is -2.33. The third kappa shape index (κ3) is 2.78. The fraction of sp³-hybridized carbons (Fsp3) is 0.500. The molecule has 1 saturated heterocycles. The molecule has 0 bridgehead atoms. The number of nitrogens with one attached hydrogen (secondary N) is 1. The molecule has 6 heteroatoms. The molecule has 1 atom stereocenters. The van der Waals surface area contributed by atoms with Crippen molar-refractivity contribution >= 4 is 22.8 Å². The molecule has 0 radical (unpaired) electrons. The Morgan fingerprint density at radius 2 is 2.27 bits per heavy atom. The van der Waals surface area contributed by atoms with Crippen LogP contribution in [0.2, 0.25) is 0 Å². The monoisotopic (exact) mass is 303 g/mol. The van der Waals surface area contributed by atoms with Gasteiger partial charge in [0.25, 0.3) is 0 Å². The number of aromatic nitrogens is 1. The molecule has 0 aliphatic carbocycles. The van der Waals surface area contributed by atoms with E-state index in [1.54, 1.807) is 43.9 Å². The number of fused-ring (bicyclic) bond motifs is 1. The molecule has 1 fully saturated rings. The Bertz CT molecular complexity index is 702. The van der Waals surface area contributed by atoms with Crippen LogP contribution < -0.4 is 5.32 Å². The van der Waals surface area contributed by atoms with Crippen LogP contribution in [0.4, 0.5) is 10.5 Å². The minimum atomic E-state index is -0.902. The topological polar surface area (TPSA) is 78.6 Å². The van der Waals surface area contributed by atoms with E-state index >= 15 is 0 Å². The van der Waals surface area contributed by atoms with E-state index in [4.69, 9.17) is 4.42 Å². The van der Waals surface area contributed by atoms with Gasteiger partial charge in [0, 0.05) is 19.2 Å². The number of nitrogens with zero attached hydrogens (tertiary/aromatic N) is 2. The highest BCUT2D eigenvalue weighted by atomic mass is 16.3. The van der Waals surface area contributed by atoms with Gasteiger partial charge in [0.05, 0.1) is 11.6 Å². The molecule has 118 valence electrons. The van der Waals surface area contributed by atoms with E-state index in [1.165, 1.54) is 0 Å². The molecule has 1 aromatic heterocycles. The largest absolute Gasteiger partial charge is 0.441 e. The lowest BCUT2D eigenvalue weighted by Crippen LogP contribution is -2.49. The number of likely N-dealkylation sites (tertiary alicyclic amines) is 1. The van der Waals surface area contributed by atoms with Gasteiger partial charge >= 0.3 is 6.03 Å². The van der Waals surface area contributed by atoms with Gasteiger partial charge in [-0.05, 0) is 44.9 Å². The molecule has 1 unspecified atom stereocenters. The third-order valence-corrected chi connectivity index (χ3v) is 4.07. The van der Waals surface area contributed by atoms with Gasteiger partial charge in [0.1, 0.15) is 5.52 Å². The fourth-order valence-corrected chi connectivity index (χ4v) is 3.06. The van der Waals surface area contributed by atoms with Gasteiger partial charge < -0.3 is 19.7 Å². The van der Waals surface area contributed by atoms with Crippen molar-refractivity contribution in [2.75, 3.05) is 11.9 Å². The maximum atomic E-state index is 12.5. The molecular weight excluding hydrogens is 282 g/mol. The van der Waals surface area contributed by atoms with Crippen LogP contribution in [-0.2, 0) is 0 Å². The summed E-state index contributed by atoms with van der Waals surface area (Å²) in [6.45, 7) is 5.93. The highest BCUT2D eigenvalue weighted by Gasteiger charge is 2.38. The van der Waals surface area contributed by atoms with Gasteiger partial charge in [0.2, 0.25) is 0 Å². The van der Waals surface area contributed by atoms with E-state index in [1.807, 2.05) is 0 Å². The Kier molecular flexibility index (Phi) is 3.56. The first-order valence-electron chi connectivity index (χ1n) is 7.52. The van der Waals surface area contributed by atoms with Crippen LogP contribution in [-0.4, -0.2) is 39.2 Å². The summed E-state index contributed by atoms with van der Waals surface area (Å²) in [7, 11) is 0. The molecule has 0 spiro atoms. The van der Waals surface area contributed by atoms with Crippen molar-refractivity contribution in [2.24, 2.45) is 0 Å². The number of carbonyl (C=O) groups is 1. The number of anilines is 1. The van der Waals surface area contributed by atoms with Gasteiger partial charge in [-0.25, -0.2) is 9.78 Å². The molecule has 6 nitrogen and oxygen atoms in total. The summed E-state index contributed by atoms with van der Waals surface area (Å²) in [6, 6.07) is 5.02. The van der Waals surface area contributed by atoms with Gasteiger partial charge in [-0.1, -0.05) is 0 Å². The fourth-order valence-electron chi connectivity index (χ4n) is 3.06. The third-order valence-electron chi connectivity index (χ3n) is 4.07. The van der Waals surface area contributed by atoms with Crippen molar-refractivity contribution in [1.82, 2.24) is 9.88 Å². The van der Waals surface area contributed by atoms with E-state index in [2.05, 4.69) is 10.3 Å². The van der Waals surface area contributed by atoms with Gasteiger partial charge in [-0.3, -0.25) is 0 Å². The molecule has 3 rings (SSSR count). The van der Waals surface area contributed by atoms with Crippen molar-refractivity contribution in [2.45, 2.75) is 45.3 Å². The number of urea groups is 1. The van der Waals surface area contributed by atoms with Crippen LogP contribution in [0.5, 0.6) is 0 Å². The summed E-state index contributed by atoms with van der Waals surface area (Å²) in [5, 5.41) is 13.1. The van der Waals surface area contributed by atoms with E-state index in [0.29, 0.717) is 23.7 Å². The number of carbonyl (C=O) groups excluding carboxylic acids is 1. The Balaban J connectivity index is 1.77. The summed E-state index contributed by atoms with van der Waals surface area (Å²) in [5.41, 5.74) is 1.19. The zero-order valence-corrected chi connectivity index (χ0v) is 13.1. The number of benzene rings is 1. The molecule has 2 N–H and O–H groups in total. The average molecular weight is 303 g/mol. The first-order chi connectivity index (χ1) is 10.3. The summed E-state index contributed by atoms with van der Waals surface area (Å²) in [6.07, 6.45) is 1.72. The van der Waals surface area contributed by atoms with Crippen molar-refractivity contribution in [1.29, 1.82) is 0 Å². The van der Waals surface area contributed by atoms with E-state index in [9.17, 15) is 9.90 Å². The molecule has 1 aliphatic heterocycles. The normalized spacial score (nSPS) is 18.9. The minimum Gasteiger partial charge on any atom is -0.441 e. The number of aryl methyl sites for hydroxylation is 1. The Morgan fingerprint density at radius 3 is 3.00 bits per heavy atom. The number of oxazole rings is 1. The second-order valence-electron chi connectivity index (χ2n) is 6.35. The molecule has 1 aliphatic rings. The highest BCUT2D eigenvalue weighted by Crippen LogP contribution is 2.28. The zero-order valence-electron chi connectivity index (χ0n) is 13.1. The van der Waals surface area contributed by atoms with Crippen molar-refractivity contribution < 1.29 is 14.3 Å². The quantitative estimate of drug-likeness (QED) is 0.894. The standard InChI is InChI=1S/C16H21N3O3/c1-10-17-12-9-11(6-7-13(12)22-10)18-15(20)19-8-4-5-14(19)16(2,3)21/h6-7,9,14,21H,4-5,8H2,1-3H3,(H,18,20). The summed E-state index contributed by atoms with van der Waals surface area (Å²) in [5.74, 6) is 0.597. The maximum absolute atomic E-state index is 12.5. The van der Waals surface area contributed by atoms with Crippen LogP contribution in [0.3, 0.4) is 0 Å². The number of hydrogen-bond donors (Lipinski definition) is 2. The van der Waals surface area contributed by atoms with E-state index in [-0.39, 0.29) is 12.1 Å². The number of rotatable bonds is 2. The summed E-state index contributed by atoms with van der Waals surface area (Å²) >= 11 is 0. The van der Waals surface area contributed by atoms with Gasteiger partial charge in [0.15, 0.2) is 11.5 Å². The maximum Gasteiger partial charge on any atom is 0.322 e. The van der Waals surface area contributed by atoms with Gasteiger partial charge in [-0.15, -0.1) is 0 Å². The highest BCUT2D eigenvalue weighted by molar-refractivity contribution is 5.92. The Morgan fingerprint density at radius 1 is 1.50 bits per heavy atom. The average Bonchev–Trinajstić information content (AvgIpc) is 3.02. The van der Waals surface area contributed by atoms with Crippen molar-refractivity contribution in [3.63, 3.8) is 0 Å². The van der Waals surface area contributed by atoms with Crippen LogP contribution in [0.25, 0.3) is 11.1 Å². The predicted molar refractivity (Wildman–Crippen MR) is 83.8 cm³/mol. The molecular formula is C16H21N3O3. The second kappa shape index (κ2) is 5.28. The Hall–Kier alpha value is -2.08. The smallest absolute Gasteiger partial charge is 0.322 e. The van der Waals surface area contributed by atoms with Crippen LogP contribution in [0.15, 0.2) is 22.6 Å². The molecule has 2 aromatic rings. The van der Waals surface area contributed by atoms with Crippen molar-refractivity contribution in [3.05, 3.63) is 24.1 Å². The summed E-state index contributed by atoms with van der Waals surface area (Å²) < 4.78 is 5.42. The predicted octanol–water partition coefficient (Wildman–Crippen LogP) is 2.90. The first kappa shape index (κ1) is 14.8. The summed E-state index contributed by atoms with van der Waals surface area (Å²) in [4.78, 5) is 18.4. The number of hydrogen-bond acceptors (Lipinski definition) is 4. The van der Waals surface area contributed by atoms with Crippen LogP contribution in [0, 0.1) is 6.92 Å². The first-order valence-corrected chi connectivity index (χ1v) is 7.52. The molecule has 2 heterocycles. The van der Waals surface area contributed by atoms with Gasteiger partial charge in [-0.2, -0.15) is 0 Å². The van der Waals surface area contributed by atoms with Crippen LogP contribution in [0.1, 0.15) is 32.6 Å². The molecule has 0 saturated carbocycles. The molecule has 1 aromatic carbocycles. The minimum absolute atomic E-state index is 0.162. The lowest BCUT2D eigenvalue weighted by molar-refractivity contribution is 0.0117. The number of amides is 2. The lowest BCUT2D eigenvalue weighted by atomic mass is 9.97. The second-order valence-corrected chi connectivity index (χ2v) is 6.35. The SMILES string of the molecule is Cc1nc2cc(NC(=O)N3CCCC3C(C)(C)O)ccc2o1. The number of aliphatic hydroxyl groups is 1.